The molecule has 20 heavy (non-hydrogen) atoms. The Kier molecular flexibility index (Phi) is 2.55. The van der Waals surface area contributed by atoms with Crippen LogP contribution in [0.2, 0.25) is 5.02 Å². The number of nitrogens with zero attached hydrogens (tertiary/aromatic N) is 1. The Balaban J connectivity index is 1.77. The fourth-order valence-electron chi connectivity index (χ4n) is 3.94. The van der Waals surface area contributed by atoms with Gasteiger partial charge in [0.1, 0.15) is 0 Å². The summed E-state index contributed by atoms with van der Waals surface area (Å²) < 4.78 is 0. The van der Waals surface area contributed by atoms with E-state index < -0.39 is 0 Å². The summed E-state index contributed by atoms with van der Waals surface area (Å²) in [5, 5.41) is 0.541. The van der Waals surface area contributed by atoms with Crippen LogP contribution in [-0.2, 0) is 9.59 Å². The number of benzene rings is 1. The van der Waals surface area contributed by atoms with Gasteiger partial charge in [-0.15, -0.1) is 0 Å². The van der Waals surface area contributed by atoms with Crippen molar-refractivity contribution in [2.75, 3.05) is 4.90 Å². The van der Waals surface area contributed by atoms with Gasteiger partial charge in [0.2, 0.25) is 11.8 Å². The van der Waals surface area contributed by atoms with Crippen molar-refractivity contribution in [2.45, 2.75) is 12.8 Å². The van der Waals surface area contributed by atoms with E-state index in [4.69, 9.17) is 11.6 Å². The second-order valence-electron chi connectivity index (χ2n) is 5.83. The third-order valence-electron chi connectivity index (χ3n) is 4.83. The molecule has 1 aliphatic heterocycles. The van der Waals surface area contributed by atoms with E-state index in [0.717, 1.165) is 12.8 Å². The zero-order valence-corrected chi connectivity index (χ0v) is 11.6. The number of anilines is 1. The summed E-state index contributed by atoms with van der Waals surface area (Å²) in [5.74, 6) is 0.0226. The molecule has 2 bridgehead atoms. The van der Waals surface area contributed by atoms with Gasteiger partial charge in [-0.25, -0.2) is 4.90 Å². The molecule has 1 aromatic rings. The quantitative estimate of drug-likeness (QED) is 0.588. The van der Waals surface area contributed by atoms with Gasteiger partial charge in [-0.1, -0.05) is 29.8 Å². The average Bonchev–Trinajstić information content (AvgIpc) is 2.74. The smallest absolute Gasteiger partial charge is 0.238 e. The standard InChI is InChI=1S/C16H14ClNO2/c17-11-2-1-3-12(8-11)18-15(19)13-9-4-5-10(7-6-9)14(13)16(18)20/h1-5,8-10,13-14H,6-7H2/t9-,10-,13+,14+/m0/s1. The lowest BCUT2D eigenvalue weighted by molar-refractivity contribution is -0.124. The Hall–Kier alpha value is -1.61. The van der Waals surface area contributed by atoms with Gasteiger partial charge in [-0.3, -0.25) is 9.59 Å². The molecule has 0 unspecified atom stereocenters. The summed E-state index contributed by atoms with van der Waals surface area (Å²) in [4.78, 5) is 26.7. The average molecular weight is 288 g/mol. The number of halogens is 1. The maximum Gasteiger partial charge on any atom is 0.238 e. The second kappa shape index (κ2) is 4.19. The zero-order chi connectivity index (χ0) is 13.9. The van der Waals surface area contributed by atoms with Gasteiger partial charge in [0.25, 0.3) is 0 Å². The van der Waals surface area contributed by atoms with Crippen molar-refractivity contribution >= 4 is 29.1 Å². The first-order chi connectivity index (χ1) is 9.66. The normalized spacial score (nSPS) is 34.8. The molecule has 3 nitrogen and oxygen atoms in total. The predicted molar refractivity (Wildman–Crippen MR) is 76.3 cm³/mol. The number of imide groups is 1. The summed E-state index contributed by atoms with van der Waals surface area (Å²) in [7, 11) is 0. The third kappa shape index (κ3) is 1.53. The molecule has 1 saturated carbocycles. The van der Waals surface area contributed by atoms with E-state index in [0.29, 0.717) is 10.7 Å². The number of fused-ring (bicyclic) bond motifs is 1. The van der Waals surface area contributed by atoms with Crippen LogP contribution in [-0.4, -0.2) is 11.8 Å². The van der Waals surface area contributed by atoms with Gasteiger partial charge in [0, 0.05) is 5.02 Å². The van der Waals surface area contributed by atoms with Crippen LogP contribution in [0, 0.1) is 23.7 Å². The van der Waals surface area contributed by atoms with Crippen LogP contribution in [0.1, 0.15) is 12.8 Å². The van der Waals surface area contributed by atoms with Gasteiger partial charge in [-0.05, 0) is 42.9 Å². The molecule has 2 fully saturated rings. The van der Waals surface area contributed by atoms with E-state index in [1.807, 2.05) is 0 Å². The van der Waals surface area contributed by atoms with Gasteiger partial charge in [0.15, 0.2) is 0 Å². The summed E-state index contributed by atoms with van der Waals surface area (Å²) in [5.41, 5.74) is 0.598. The lowest BCUT2D eigenvalue weighted by atomic mass is 9.63. The number of rotatable bonds is 1. The Morgan fingerprint density at radius 2 is 1.60 bits per heavy atom. The predicted octanol–water partition coefficient (Wildman–Crippen LogP) is 3.04. The zero-order valence-electron chi connectivity index (χ0n) is 10.8. The highest BCUT2D eigenvalue weighted by Gasteiger charge is 2.56. The molecule has 0 radical (unpaired) electrons. The molecule has 3 aliphatic carbocycles. The van der Waals surface area contributed by atoms with Crippen molar-refractivity contribution in [1.29, 1.82) is 0 Å². The van der Waals surface area contributed by atoms with Crippen LogP contribution in [0.25, 0.3) is 0 Å². The minimum Gasteiger partial charge on any atom is -0.274 e. The molecule has 0 N–H and O–H groups in total. The van der Waals surface area contributed by atoms with Crippen LogP contribution in [0.5, 0.6) is 0 Å². The van der Waals surface area contributed by atoms with Crippen molar-refractivity contribution in [2.24, 2.45) is 23.7 Å². The Morgan fingerprint density at radius 3 is 2.10 bits per heavy atom. The van der Waals surface area contributed by atoms with Crippen molar-refractivity contribution in [1.82, 2.24) is 0 Å². The third-order valence-corrected chi connectivity index (χ3v) is 5.06. The molecule has 0 spiro atoms. The van der Waals surface area contributed by atoms with E-state index in [2.05, 4.69) is 12.2 Å². The summed E-state index contributed by atoms with van der Waals surface area (Å²) >= 11 is 5.98. The molecule has 102 valence electrons. The van der Waals surface area contributed by atoms with E-state index >= 15 is 0 Å². The highest BCUT2D eigenvalue weighted by Crippen LogP contribution is 2.50. The van der Waals surface area contributed by atoms with Crippen molar-refractivity contribution in [3.05, 3.63) is 41.4 Å². The Bertz CT molecular complexity index is 607. The Morgan fingerprint density at radius 1 is 1.00 bits per heavy atom. The first kappa shape index (κ1) is 12.2. The van der Waals surface area contributed by atoms with Crippen LogP contribution < -0.4 is 4.90 Å². The number of amides is 2. The van der Waals surface area contributed by atoms with Gasteiger partial charge >= 0.3 is 0 Å². The summed E-state index contributed by atoms with van der Waals surface area (Å²) in [6.45, 7) is 0. The molecule has 1 heterocycles. The largest absolute Gasteiger partial charge is 0.274 e. The Labute approximate surface area is 122 Å². The molecule has 1 aromatic carbocycles. The molecule has 4 atom stereocenters. The molecule has 0 aromatic heterocycles. The fraction of sp³-hybridized carbons (Fsp3) is 0.375. The molecule has 5 rings (SSSR count). The van der Waals surface area contributed by atoms with Gasteiger partial charge < -0.3 is 0 Å². The summed E-state index contributed by atoms with van der Waals surface area (Å²) in [6, 6.07) is 6.97. The maximum atomic E-state index is 12.7. The van der Waals surface area contributed by atoms with E-state index in [1.54, 1.807) is 24.3 Å². The fourth-order valence-corrected chi connectivity index (χ4v) is 4.13. The second-order valence-corrected chi connectivity index (χ2v) is 6.27. The molecular formula is C16H14ClNO2. The van der Waals surface area contributed by atoms with Crippen LogP contribution in [0.4, 0.5) is 5.69 Å². The van der Waals surface area contributed by atoms with Crippen LogP contribution in [0.15, 0.2) is 36.4 Å². The van der Waals surface area contributed by atoms with Crippen molar-refractivity contribution in [3.8, 4) is 0 Å². The highest BCUT2D eigenvalue weighted by molar-refractivity contribution is 6.31. The SMILES string of the molecule is O=C1[C@H]2[C@H](C(=O)N1c1cccc(Cl)c1)[C@H]1C=C[C@H]2CC1. The highest BCUT2D eigenvalue weighted by atomic mass is 35.5. The lowest BCUT2D eigenvalue weighted by Crippen LogP contribution is -2.38. The minimum atomic E-state index is -0.162. The first-order valence-electron chi connectivity index (χ1n) is 6.98. The van der Waals surface area contributed by atoms with E-state index in [1.165, 1.54) is 4.90 Å². The molecule has 4 aliphatic rings. The van der Waals surface area contributed by atoms with E-state index in [9.17, 15) is 9.59 Å². The number of carbonyl (C=O) groups is 2. The van der Waals surface area contributed by atoms with Crippen molar-refractivity contribution < 1.29 is 9.59 Å². The molecule has 4 heteroatoms. The lowest BCUT2D eigenvalue weighted by Gasteiger charge is -2.38. The number of hydrogen-bond donors (Lipinski definition) is 0. The monoisotopic (exact) mass is 287 g/mol. The molecule has 1 saturated heterocycles. The van der Waals surface area contributed by atoms with Crippen molar-refractivity contribution in [3.63, 3.8) is 0 Å². The first-order valence-corrected chi connectivity index (χ1v) is 7.36. The van der Waals surface area contributed by atoms with Crippen LogP contribution in [0.3, 0.4) is 0 Å². The number of hydrogen-bond acceptors (Lipinski definition) is 2. The summed E-state index contributed by atoms with van der Waals surface area (Å²) in [6.07, 6.45) is 6.29. The maximum absolute atomic E-state index is 12.7. The molecule has 2 amide bonds. The minimum absolute atomic E-state index is 0.0543. The van der Waals surface area contributed by atoms with Crippen LogP contribution >= 0.6 is 11.6 Å². The van der Waals surface area contributed by atoms with E-state index in [-0.39, 0.29) is 35.5 Å². The van der Waals surface area contributed by atoms with Gasteiger partial charge in [-0.2, -0.15) is 0 Å². The number of allylic oxidation sites excluding steroid dienone is 2. The molecular weight excluding hydrogens is 274 g/mol. The topological polar surface area (TPSA) is 37.4 Å². The van der Waals surface area contributed by atoms with Gasteiger partial charge in [0.05, 0.1) is 17.5 Å². The number of carbonyl (C=O) groups excluding carboxylic acids is 2.